The highest BCUT2D eigenvalue weighted by Crippen LogP contribution is 2.19. The number of nitrogens with one attached hydrogen (secondary N) is 1. The predicted octanol–water partition coefficient (Wildman–Crippen LogP) is 4.01. The normalized spacial score (nSPS) is 14.4. The highest BCUT2D eigenvalue weighted by molar-refractivity contribution is 6.30. The van der Waals surface area contributed by atoms with Crippen molar-refractivity contribution < 1.29 is 9.59 Å². The van der Waals surface area contributed by atoms with Crippen LogP contribution in [0, 0.1) is 0 Å². The Labute approximate surface area is 196 Å². The van der Waals surface area contributed by atoms with Gasteiger partial charge < -0.3 is 15.1 Å². The first-order valence-electron chi connectivity index (χ1n) is 11.0. The summed E-state index contributed by atoms with van der Waals surface area (Å²) in [5.41, 5.74) is 0.670. The van der Waals surface area contributed by atoms with Crippen LogP contribution in [0.25, 0.3) is 10.8 Å². The van der Waals surface area contributed by atoms with E-state index in [2.05, 4.69) is 10.4 Å². The standard InChI is InChI=1S/C24H26ClN5O3/c1-16(2)30-22(31)20-10-4-3-9-19(20)21(27-30)23(32)28-11-6-12-29(14-13-28)24(33)26-18-8-5-7-17(25)15-18/h3-5,7-10,15-16H,6,11-14H2,1-2H3,(H,26,33). The number of amides is 3. The number of hydrogen-bond acceptors (Lipinski definition) is 4. The van der Waals surface area contributed by atoms with Crippen molar-refractivity contribution in [1.82, 2.24) is 19.6 Å². The van der Waals surface area contributed by atoms with Crippen molar-refractivity contribution >= 4 is 40.0 Å². The summed E-state index contributed by atoms with van der Waals surface area (Å²) in [6.07, 6.45) is 0.635. The van der Waals surface area contributed by atoms with Gasteiger partial charge in [-0.3, -0.25) is 9.59 Å². The number of nitrogens with zero attached hydrogens (tertiary/aromatic N) is 4. The molecule has 8 nitrogen and oxygen atoms in total. The summed E-state index contributed by atoms with van der Waals surface area (Å²) < 4.78 is 1.36. The van der Waals surface area contributed by atoms with E-state index in [-0.39, 0.29) is 29.2 Å². The van der Waals surface area contributed by atoms with Crippen LogP contribution in [0.5, 0.6) is 0 Å². The van der Waals surface area contributed by atoms with Crippen LogP contribution in [0.15, 0.2) is 53.3 Å². The van der Waals surface area contributed by atoms with E-state index in [1.807, 2.05) is 13.8 Å². The lowest BCUT2D eigenvalue weighted by molar-refractivity contribution is 0.0756. The molecular formula is C24H26ClN5O3. The van der Waals surface area contributed by atoms with Crippen LogP contribution in [0.3, 0.4) is 0 Å². The van der Waals surface area contributed by atoms with Crippen molar-refractivity contribution in [2.45, 2.75) is 26.3 Å². The van der Waals surface area contributed by atoms with Crippen molar-refractivity contribution in [3.8, 4) is 0 Å². The third-order valence-corrected chi connectivity index (χ3v) is 5.90. The molecule has 3 aromatic rings. The van der Waals surface area contributed by atoms with Crippen LogP contribution in [-0.2, 0) is 0 Å². The molecule has 0 bridgehead atoms. The van der Waals surface area contributed by atoms with E-state index in [0.717, 1.165) is 0 Å². The fraction of sp³-hybridized carbons (Fsp3) is 0.333. The smallest absolute Gasteiger partial charge is 0.321 e. The summed E-state index contributed by atoms with van der Waals surface area (Å²) in [6.45, 7) is 5.50. The lowest BCUT2D eigenvalue weighted by atomic mass is 10.1. The molecule has 0 atom stereocenters. The van der Waals surface area contributed by atoms with Gasteiger partial charge in [0.1, 0.15) is 0 Å². The Morgan fingerprint density at radius 1 is 0.970 bits per heavy atom. The van der Waals surface area contributed by atoms with Crippen molar-refractivity contribution in [2.24, 2.45) is 0 Å². The average Bonchev–Trinajstić information content (AvgIpc) is 3.05. The lowest BCUT2D eigenvalue weighted by Gasteiger charge is -2.23. The Hall–Kier alpha value is -3.39. The molecule has 1 fully saturated rings. The SMILES string of the molecule is CC(C)n1nc(C(=O)N2CCCN(C(=O)Nc3cccc(Cl)c3)CC2)c2ccccc2c1=O. The van der Waals surface area contributed by atoms with Crippen LogP contribution in [0.2, 0.25) is 5.02 Å². The number of aromatic nitrogens is 2. The second kappa shape index (κ2) is 9.62. The third-order valence-electron chi connectivity index (χ3n) is 5.67. The number of carbonyl (C=O) groups excluding carboxylic acids is 2. The topological polar surface area (TPSA) is 87.5 Å². The molecule has 1 aliphatic rings. The number of anilines is 1. The molecule has 172 valence electrons. The fourth-order valence-corrected chi connectivity index (χ4v) is 4.15. The van der Waals surface area contributed by atoms with Crippen molar-refractivity contribution in [2.75, 3.05) is 31.5 Å². The van der Waals surface area contributed by atoms with Crippen LogP contribution >= 0.6 is 11.6 Å². The summed E-state index contributed by atoms with van der Waals surface area (Å²) in [6, 6.07) is 13.6. The van der Waals surface area contributed by atoms with Gasteiger partial charge >= 0.3 is 6.03 Å². The number of fused-ring (bicyclic) bond motifs is 1. The van der Waals surface area contributed by atoms with Crippen LogP contribution in [0.4, 0.5) is 10.5 Å². The Morgan fingerprint density at radius 2 is 1.67 bits per heavy atom. The molecule has 1 saturated heterocycles. The molecule has 9 heteroatoms. The Kier molecular flexibility index (Phi) is 6.65. The van der Waals surface area contributed by atoms with Gasteiger partial charge in [0.2, 0.25) is 0 Å². The van der Waals surface area contributed by atoms with E-state index >= 15 is 0 Å². The Balaban J connectivity index is 1.53. The maximum atomic E-state index is 13.5. The quantitative estimate of drug-likeness (QED) is 0.630. The molecule has 0 radical (unpaired) electrons. The van der Waals surface area contributed by atoms with Crippen LogP contribution < -0.4 is 10.9 Å². The molecule has 0 saturated carbocycles. The lowest BCUT2D eigenvalue weighted by Crippen LogP contribution is -2.40. The third kappa shape index (κ3) is 4.85. The van der Waals surface area contributed by atoms with Gasteiger partial charge in [-0.15, -0.1) is 0 Å². The molecule has 1 N–H and O–H groups in total. The van der Waals surface area contributed by atoms with Gasteiger partial charge in [0, 0.05) is 42.3 Å². The van der Waals surface area contributed by atoms with E-state index < -0.39 is 0 Å². The minimum atomic E-state index is -0.238. The van der Waals surface area contributed by atoms with Gasteiger partial charge in [0.15, 0.2) is 5.69 Å². The maximum absolute atomic E-state index is 13.5. The number of halogens is 1. The number of benzene rings is 2. The van der Waals surface area contributed by atoms with Gasteiger partial charge in [-0.1, -0.05) is 35.9 Å². The summed E-state index contributed by atoms with van der Waals surface area (Å²) in [5, 5.41) is 8.85. The molecule has 33 heavy (non-hydrogen) atoms. The van der Waals surface area contributed by atoms with Gasteiger partial charge in [-0.25, -0.2) is 9.48 Å². The van der Waals surface area contributed by atoms with Crippen molar-refractivity contribution in [1.29, 1.82) is 0 Å². The Bertz CT molecular complexity index is 1260. The first-order valence-corrected chi connectivity index (χ1v) is 11.4. The molecule has 1 aromatic heterocycles. The molecule has 0 unspecified atom stereocenters. The van der Waals surface area contributed by atoms with Crippen molar-refractivity contribution in [3.63, 3.8) is 0 Å². The summed E-state index contributed by atoms with van der Waals surface area (Å²) >= 11 is 6.00. The minimum Gasteiger partial charge on any atom is -0.335 e. The van der Waals surface area contributed by atoms with Crippen molar-refractivity contribution in [3.05, 3.63) is 69.6 Å². The van der Waals surface area contributed by atoms with Gasteiger partial charge in [-0.05, 0) is 44.5 Å². The van der Waals surface area contributed by atoms with E-state index in [1.165, 1.54) is 4.68 Å². The first-order chi connectivity index (χ1) is 15.8. The number of carbonyl (C=O) groups is 2. The summed E-state index contributed by atoms with van der Waals surface area (Å²) in [5.74, 6) is -0.238. The molecule has 2 aromatic carbocycles. The largest absolute Gasteiger partial charge is 0.335 e. The molecule has 4 rings (SSSR count). The highest BCUT2D eigenvalue weighted by atomic mass is 35.5. The van der Waals surface area contributed by atoms with Crippen LogP contribution in [0.1, 0.15) is 36.8 Å². The number of urea groups is 1. The van der Waals surface area contributed by atoms with E-state index in [0.29, 0.717) is 54.1 Å². The van der Waals surface area contributed by atoms with E-state index in [9.17, 15) is 14.4 Å². The summed E-state index contributed by atoms with van der Waals surface area (Å²) in [7, 11) is 0. The maximum Gasteiger partial charge on any atom is 0.321 e. The number of rotatable bonds is 3. The molecule has 0 spiro atoms. The zero-order chi connectivity index (χ0) is 23.5. The fourth-order valence-electron chi connectivity index (χ4n) is 3.96. The second-order valence-electron chi connectivity index (χ2n) is 8.31. The second-order valence-corrected chi connectivity index (χ2v) is 8.75. The van der Waals surface area contributed by atoms with Gasteiger partial charge in [0.05, 0.1) is 11.4 Å². The zero-order valence-electron chi connectivity index (χ0n) is 18.6. The first kappa shape index (κ1) is 22.8. The summed E-state index contributed by atoms with van der Waals surface area (Å²) in [4.78, 5) is 42.4. The monoisotopic (exact) mass is 467 g/mol. The van der Waals surface area contributed by atoms with Crippen LogP contribution in [-0.4, -0.2) is 57.7 Å². The predicted molar refractivity (Wildman–Crippen MR) is 129 cm³/mol. The molecule has 0 aliphatic carbocycles. The number of hydrogen-bond donors (Lipinski definition) is 1. The minimum absolute atomic E-state index is 0.177. The average molecular weight is 468 g/mol. The van der Waals surface area contributed by atoms with E-state index in [1.54, 1.807) is 58.3 Å². The zero-order valence-corrected chi connectivity index (χ0v) is 19.4. The molecule has 1 aliphatic heterocycles. The molecule has 3 amide bonds. The van der Waals surface area contributed by atoms with E-state index in [4.69, 9.17) is 11.6 Å². The van der Waals surface area contributed by atoms with Gasteiger partial charge in [-0.2, -0.15) is 5.10 Å². The Morgan fingerprint density at radius 3 is 2.39 bits per heavy atom. The molecular weight excluding hydrogens is 442 g/mol. The van der Waals surface area contributed by atoms with Gasteiger partial charge in [0.25, 0.3) is 11.5 Å². The molecule has 2 heterocycles. The highest BCUT2D eigenvalue weighted by Gasteiger charge is 2.26.